The number of esters is 3. The number of amides is 1. The molecule has 1 amide bonds. The molecule has 1 aliphatic heterocycles. The molecule has 0 spiro atoms. The van der Waals surface area contributed by atoms with Crippen molar-refractivity contribution in [2.75, 3.05) is 0 Å². The molecule has 3 N–H and O–H groups in total. The third-order valence-corrected chi connectivity index (χ3v) is 9.87. The second-order valence-corrected chi connectivity index (χ2v) is 16.3. The number of hydrogen-bond donors (Lipinski definition) is 3. The number of allylic oxidation sites excluding steroid dienone is 5. The SMILES string of the molecule is CC(=O)O[C@@H]([C@@H](C)[C@H](OC(C)=O)[C@H](C)/C=C/C=N/OC(C)(C)C)[C@H](C)[C@@H](OC(C)=O)[C@@H](C)/C=C/C=C(/C)C(=O)NC1=CC(=O)c2c(c(O)c(C)c3c2C(=O)[C@@](C)(O)O3)C1=O. The van der Waals surface area contributed by atoms with Crippen molar-refractivity contribution in [2.45, 2.75) is 120 Å². The molecule has 0 saturated carbocycles. The fourth-order valence-electron chi connectivity index (χ4n) is 6.99. The van der Waals surface area contributed by atoms with E-state index in [2.05, 4.69) is 10.5 Å². The Morgan fingerprint density at radius 1 is 0.817 bits per heavy atom. The van der Waals surface area contributed by atoms with Gasteiger partial charge < -0.3 is 39.3 Å². The second kappa shape index (κ2) is 19.4. The van der Waals surface area contributed by atoms with E-state index in [9.17, 15) is 43.8 Å². The zero-order chi connectivity index (χ0) is 45.6. The van der Waals surface area contributed by atoms with Gasteiger partial charge in [-0.3, -0.25) is 33.6 Å². The molecule has 1 aliphatic carbocycles. The zero-order valence-corrected chi connectivity index (χ0v) is 36.3. The van der Waals surface area contributed by atoms with Gasteiger partial charge in [-0.25, -0.2) is 0 Å². The minimum Gasteiger partial charge on any atom is -0.507 e. The summed E-state index contributed by atoms with van der Waals surface area (Å²) in [4.78, 5) is 95.5. The smallest absolute Gasteiger partial charge is 0.302 e. The van der Waals surface area contributed by atoms with Crippen LogP contribution in [0.5, 0.6) is 11.5 Å². The Labute approximate surface area is 349 Å². The maximum absolute atomic E-state index is 13.5. The molecule has 3 rings (SSSR count). The second-order valence-electron chi connectivity index (χ2n) is 16.3. The number of oxime groups is 1. The Balaban J connectivity index is 1.85. The van der Waals surface area contributed by atoms with Crippen molar-refractivity contribution in [1.29, 1.82) is 0 Å². The van der Waals surface area contributed by atoms with Crippen LogP contribution in [0.3, 0.4) is 0 Å². The molecular weight excluding hydrogens is 780 g/mol. The van der Waals surface area contributed by atoms with Crippen LogP contribution in [0.2, 0.25) is 0 Å². The highest BCUT2D eigenvalue weighted by Gasteiger charge is 2.49. The Morgan fingerprint density at radius 2 is 1.32 bits per heavy atom. The van der Waals surface area contributed by atoms with Gasteiger partial charge in [0, 0.05) is 68.6 Å². The molecule has 0 radical (unpaired) electrons. The summed E-state index contributed by atoms with van der Waals surface area (Å²) in [6, 6.07) is 0. The van der Waals surface area contributed by atoms with Crippen molar-refractivity contribution in [2.24, 2.45) is 28.8 Å². The van der Waals surface area contributed by atoms with Crippen LogP contribution in [0, 0.1) is 30.6 Å². The number of aliphatic hydroxyl groups is 1. The third-order valence-electron chi connectivity index (χ3n) is 9.87. The van der Waals surface area contributed by atoms with E-state index in [0.29, 0.717) is 0 Å². The van der Waals surface area contributed by atoms with E-state index in [4.69, 9.17) is 23.8 Å². The number of nitrogens with one attached hydrogen (secondary N) is 1. The van der Waals surface area contributed by atoms with E-state index >= 15 is 0 Å². The molecule has 0 bridgehead atoms. The number of fused-ring (bicyclic) bond motifs is 3. The number of carbonyl (C=O) groups excluding carboxylic acids is 7. The summed E-state index contributed by atoms with van der Waals surface area (Å²) >= 11 is 0. The molecule has 1 aromatic carbocycles. The minimum atomic E-state index is -2.31. The van der Waals surface area contributed by atoms with Crippen LogP contribution in [0.15, 0.2) is 52.9 Å². The fraction of sp³-hybridized carbons (Fsp3) is 0.500. The van der Waals surface area contributed by atoms with E-state index in [0.717, 1.165) is 13.0 Å². The van der Waals surface area contributed by atoms with Crippen LogP contribution in [0.1, 0.15) is 120 Å². The highest BCUT2D eigenvalue weighted by atomic mass is 16.6. The average molecular weight is 837 g/mol. The first kappa shape index (κ1) is 48.5. The lowest BCUT2D eigenvalue weighted by molar-refractivity contribution is -0.172. The lowest BCUT2D eigenvalue weighted by Crippen LogP contribution is -2.47. The maximum Gasteiger partial charge on any atom is 0.302 e. The lowest BCUT2D eigenvalue weighted by atomic mass is 9.79. The summed E-state index contributed by atoms with van der Waals surface area (Å²) in [5, 5.41) is 27.6. The summed E-state index contributed by atoms with van der Waals surface area (Å²) in [5.41, 5.74) is -2.19. The molecule has 0 unspecified atom stereocenters. The Hall–Kier alpha value is -5.90. The topological polar surface area (TPSA) is 230 Å². The van der Waals surface area contributed by atoms with Gasteiger partial charge in [-0.1, -0.05) is 57.2 Å². The lowest BCUT2D eigenvalue weighted by Gasteiger charge is -2.39. The van der Waals surface area contributed by atoms with Crippen molar-refractivity contribution in [1.82, 2.24) is 5.32 Å². The quantitative estimate of drug-likeness (QED) is 0.0462. The number of carbonyl (C=O) groups is 7. The van der Waals surface area contributed by atoms with Crippen LogP contribution < -0.4 is 10.1 Å². The van der Waals surface area contributed by atoms with E-state index in [1.165, 1.54) is 53.0 Å². The summed E-state index contributed by atoms with van der Waals surface area (Å²) in [5.74, 6) is -10.7. The first-order chi connectivity index (χ1) is 27.7. The molecule has 2 aliphatic rings. The summed E-state index contributed by atoms with van der Waals surface area (Å²) in [6.45, 7) is 20.3. The van der Waals surface area contributed by atoms with Gasteiger partial charge in [-0.05, 0) is 40.7 Å². The van der Waals surface area contributed by atoms with Gasteiger partial charge in [-0.15, -0.1) is 0 Å². The number of aromatic hydroxyl groups is 1. The first-order valence-electron chi connectivity index (χ1n) is 19.4. The van der Waals surface area contributed by atoms with E-state index in [-0.39, 0.29) is 22.4 Å². The molecule has 1 heterocycles. The number of rotatable bonds is 16. The number of hydrogen-bond acceptors (Lipinski definition) is 15. The minimum absolute atomic E-state index is 0.0475. The Morgan fingerprint density at radius 3 is 1.82 bits per heavy atom. The molecule has 16 heteroatoms. The van der Waals surface area contributed by atoms with Crippen LogP contribution in [-0.2, 0) is 38.2 Å². The zero-order valence-electron chi connectivity index (χ0n) is 36.3. The fourth-order valence-corrected chi connectivity index (χ4v) is 6.99. The summed E-state index contributed by atoms with van der Waals surface area (Å²) in [7, 11) is 0. The van der Waals surface area contributed by atoms with Gasteiger partial charge in [0.2, 0.25) is 11.6 Å². The monoisotopic (exact) mass is 836 g/mol. The highest BCUT2D eigenvalue weighted by Crippen LogP contribution is 2.46. The largest absolute Gasteiger partial charge is 0.507 e. The van der Waals surface area contributed by atoms with E-state index < -0.39 is 117 Å². The van der Waals surface area contributed by atoms with Crippen LogP contribution >= 0.6 is 0 Å². The normalized spacial score (nSPS) is 20.3. The predicted octanol–water partition coefficient (Wildman–Crippen LogP) is 5.56. The van der Waals surface area contributed by atoms with Gasteiger partial charge >= 0.3 is 17.9 Å². The Bertz CT molecular complexity index is 2070. The van der Waals surface area contributed by atoms with Crippen molar-refractivity contribution in [3.8, 4) is 11.5 Å². The molecule has 60 heavy (non-hydrogen) atoms. The number of phenols is 1. The molecular formula is C44H56N2O14. The van der Waals surface area contributed by atoms with Gasteiger partial charge in [-0.2, -0.15) is 0 Å². The van der Waals surface area contributed by atoms with E-state index in [1.54, 1.807) is 39.0 Å². The van der Waals surface area contributed by atoms with E-state index in [1.807, 2.05) is 27.7 Å². The van der Waals surface area contributed by atoms with Gasteiger partial charge in [0.1, 0.15) is 35.4 Å². The molecule has 0 aromatic heterocycles. The number of benzene rings is 1. The standard InChI is InChI=1S/C44H56N2O14/c1-21(37(56-27(7)47)25(5)39(58-29(9)49)26(6)38(57-28(8)48)22(2)18-15-19-45-60-43(10,11)12)16-14-17-23(3)42(54)46-30-20-31(50)32-33(36(30)52)35(51)24(4)40-34(32)41(53)44(13,55)59-40/h14-22,25-26,37-39,51,55H,1-13H3,(H,46,54)/b16-14+,18-15+,23-17-,45-19+/t21-,22+,25+,26-,37-,38+,39+,44-/m0/s1. The van der Waals surface area contributed by atoms with Crippen molar-refractivity contribution < 1.29 is 67.6 Å². The van der Waals surface area contributed by atoms with Crippen molar-refractivity contribution in [3.63, 3.8) is 0 Å². The van der Waals surface area contributed by atoms with Gasteiger partial charge in [0.05, 0.1) is 28.6 Å². The molecule has 0 saturated heterocycles. The van der Waals surface area contributed by atoms with Crippen LogP contribution in [0.25, 0.3) is 0 Å². The molecule has 16 nitrogen and oxygen atoms in total. The van der Waals surface area contributed by atoms with Gasteiger partial charge in [0.25, 0.3) is 11.7 Å². The van der Waals surface area contributed by atoms with Crippen LogP contribution in [0.4, 0.5) is 0 Å². The number of Topliss-reactive ketones (excluding diaryl/α,β-unsaturated/α-hetero) is 2. The number of phenolic OH excluding ortho intramolecular Hbond substituents is 1. The van der Waals surface area contributed by atoms with Crippen LogP contribution in [-0.4, -0.2) is 87.3 Å². The molecule has 1 aromatic rings. The maximum atomic E-state index is 13.5. The number of ether oxygens (including phenoxy) is 4. The predicted molar refractivity (Wildman–Crippen MR) is 218 cm³/mol. The first-order valence-corrected chi connectivity index (χ1v) is 19.4. The summed E-state index contributed by atoms with van der Waals surface area (Å²) < 4.78 is 22.6. The Kier molecular flexibility index (Phi) is 15.7. The summed E-state index contributed by atoms with van der Waals surface area (Å²) in [6.07, 6.45) is 7.74. The van der Waals surface area contributed by atoms with Crippen molar-refractivity contribution in [3.05, 3.63) is 70.0 Å². The molecule has 8 atom stereocenters. The third kappa shape index (κ3) is 11.6. The molecule has 0 fully saturated rings. The number of ketones is 3. The number of nitrogens with zero attached hydrogens (tertiary/aromatic N) is 1. The highest BCUT2D eigenvalue weighted by molar-refractivity contribution is 6.30. The average Bonchev–Trinajstić information content (AvgIpc) is 3.38. The molecule has 326 valence electrons. The van der Waals surface area contributed by atoms with Gasteiger partial charge in [0.15, 0.2) is 5.78 Å². The van der Waals surface area contributed by atoms with Crippen molar-refractivity contribution >= 4 is 47.4 Å².